The van der Waals surface area contributed by atoms with Crippen LogP contribution in [0.5, 0.6) is 0 Å². The van der Waals surface area contributed by atoms with Crippen molar-refractivity contribution in [1.29, 1.82) is 0 Å². The zero-order valence-electron chi connectivity index (χ0n) is 29.2. The molecule has 0 nitrogen and oxygen atoms in total. The van der Waals surface area contributed by atoms with Crippen LogP contribution in [0.1, 0.15) is 43.4 Å². The van der Waals surface area contributed by atoms with E-state index in [4.69, 9.17) is 0 Å². The van der Waals surface area contributed by atoms with Crippen LogP contribution < -0.4 is 0 Å². The van der Waals surface area contributed by atoms with Gasteiger partial charge in [0.25, 0.3) is 0 Å². The minimum Gasteiger partial charge on any atom is -0.117 e. The van der Waals surface area contributed by atoms with Gasteiger partial charge in [0.1, 0.15) is 0 Å². The second kappa shape index (κ2) is 11.6. The zero-order valence-corrected chi connectivity index (χ0v) is 30.0. The van der Waals surface area contributed by atoms with Gasteiger partial charge in [0.05, 0.1) is 0 Å². The normalized spacial score (nSPS) is 16.9. The highest BCUT2D eigenvalue weighted by molar-refractivity contribution is 8.00. The summed E-state index contributed by atoms with van der Waals surface area (Å²) in [4.78, 5) is 1.39. The summed E-state index contributed by atoms with van der Waals surface area (Å²) in [5.41, 5.74) is 10.9. The Morgan fingerprint density at radius 3 is 1.49 bits per heavy atom. The predicted molar refractivity (Wildman–Crippen MR) is 222 cm³/mol. The molecule has 0 bridgehead atoms. The summed E-state index contributed by atoms with van der Waals surface area (Å²) in [6.45, 7) is 7.03. The number of hydrogen-bond donors (Lipinski definition) is 0. The van der Waals surface area contributed by atoms with Crippen molar-refractivity contribution in [3.8, 4) is 22.3 Å². The second-order valence-corrected chi connectivity index (χ2v) is 16.3. The van der Waals surface area contributed by atoms with Crippen molar-refractivity contribution in [2.45, 2.75) is 42.2 Å². The summed E-state index contributed by atoms with van der Waals surface area (Å²) in [5.74, 6) is 0.294. The summed E-state index contributed by atoms with van der Waals surface area (Å²) < 4.78 is 0. The molecule has 8 aromatic rings. The van der Waals surface area contributed by atoms with Crippen molar-refractivity contribution in [3.63, 3.8) is 0 Å². The number of rotatable bonds is 3. The van der Waals surface area contributed by atoms with Gasteiger partial charge in [0, 0.05) is 16.1 Å². The molecule has 0 amide bonds. The molecule has 0 N–H and O–H groups in total. The van der Waals surface area contributed by atoms with E-state index in [1.165, 1.54) is 92.5 Å². The van der Waals surface area contributed by atoms with Crippen LogP contribution in [0.25, 0.3) is 70.9 Å². The molecule has 0 aromatic heterocycles. The van der Waals surface area contributed by atoms with Crippen LogP contribution in [0.15, 0.2) is 169 Å². The van der Waals surface area contributed by atoms with E-state index in [-0.39, 0.29) is 5.41 Å². The lowest BCUT2D eigenvalue weighted by atomic mass is 9.77. The first-order valence-electron chi connectivity index (χ1n) is 18.1. The van der Waals surface area contributed by atoms with Crippen molar-refractivity contribution < 1.29 is 0 Å². The minimum absolute atomic E-state index is 0.0167. The third kappa shape index (κ3) is 4.68. The summed E-state index contributed by atoms with van der Waals surface area (Å²) >= 11 is 2.04. The Bertz CT molecular complexity index is 2640. The third-order valence-electron chi connectivity index (χ3n) is 11.1. The summed E-state index contributed by atoms with van der Waals surface area (Å²) in [6.07, 6.45) is 7.15. The Morgan fingerprint density at radius 1 is 0.471 bits per heavy atom. The van der Waals surface area contributed by atoms with E-state index >= 15 is 0 Å². The number of benzene rings is 8. The van der Waals surface area contributed by atoms with Crippen molar-refractivity contribution >= 4 is 60.4 Å². The van der Waals surface area contributed by atoms with Crippen LogP contribution in [0.3, 0.4) is 0 Å². The van der Waals surface area contributed by atoms with E-state index in [0.29, 0.717) is 11.2 Å². The first-order valence-corrected chi connectivity index (χ1v) is 19.0. The molecular weight excluding hydrogens is 633 g/mol. The van der Waals surface area contributed by atoms with Crippen LogP contribution in [0.2, 0.25) is 0 Å². The highest BCUT2D eigenvalue weighted by atomic mass is 32.2. The van der Waals surface area contributed by atoms with Gasteiger partial charge < -0.3 is 0 Å². The first kappa shape index (κ1) is 30.5. The van der Waals surface area contributed by atoms with Crippen LogP contribution in [-0.2, 0) is 5.41 Å². The van der Waals surface area contributed by atoms with E-state index < -0.39 is 0 Å². The molecule has 51 heavy (non-hydrogen) atoms. The molecule has 10 rings (SSSR count). The van der Waals surface area contributed by atoms with Gasteiger partial charge >= 0.3 is 0 Å². The highest BCUT2D eigenvalue weighted by Crippen LogP contribution is 2.56. The fourth-order valence-corrected chi connectivity index (χ4v) is 10.6. The van der Waals surface area contributed by atoms with Crippen molar-refractivity contribution in [1.82, 2.24) is 0 Å². The van der Waals surface area contributed by atoms with Gasteiger partial charge in [-0.15, -0.1) is 11.8 Å². The summed E-state index contributed by atoms with van der Waals surface area (Å²) in [5, 5.41) is 10.9. The standard InChI is InChI=1S/C50H38S/c1-50(2,3)48-39-24-13-11-22-37(39)46(38-23-12-14-25-40(38)48)32-28-29-44-43(30-32)41-26-15-27-42(49(41)51-44)47-35-20-9-7-18-33(35)45(31-16-5-4-6-17-31)34-19-8-10-21-36(34)47/h4-30,41,49H,1-3H3. The van der Waals surface area contributed by atoms with Gasteiger partial charge in [-0.2, -0.15) is 0 Å². The molecule has 0 fully saturated rings. The fraction of sp³-hybridized carbons (Fsp3) is 0.120. The minimum atomic E-state index is 0.0167. The average molecular weight is 671 g/mol. The zero-order chi connectivity index (χ0) is 34.3. The second-order valence-electron chi connectivity index (χ2n) is 15.1. The SMILES string of the molecule is CC(C)(C)c1c2ccccc2c(-c2ccc3c(c2)C2C=CC=C(c4c5ccccc5c(-c5ccccc5)c5ccccc45)C2S3)c2ccccc12. The number of thioether (sulfide) groups is 1. The van der Waals surface area contributed by atoms with E-state index in [9.17, 15) is 0 Å². The Kier molecular flexibility index (Phi) is 6.92. The van der Waals surface area contributed by atoms with E-state index in [1.807, 2.05) is 11.8 Å². The smallest absolute Gasteiger partial charge is 0.0454 e. The lowest BCUT2D eigenvalue weighted by molar-refractivity contribution is 0.601. The molecule has 1 aliphatic carbocycles. The maximum Gasteiger partial charge on any atom is 0.0454 e. The van der Waals surface area contributed by atoms with Gasteiger partial charge in [-0.3, -0.25) is 0 Å². The largest absolute Gasteiger partial charge is 0.117 e. The van der Waals surface area contributed by atoms with E-state index in [2.05, 4.69) is 185 Å². The Balaban J connectivity index is 1.15. The van der Waals surface area contributed by atoms with E-state index in [0.717, 1.165) is 0 Å². The maximum absolute atomic E-state index is 2.51. The number of allylic oxidation sites excluding steroid dienone is 3. The van der Waals surface area contributed by atoms with Crippen LogP contribution >= 0.6 is 11.8 Å². The third-order valence-corrected chi connectivity index (χ3v) is 12.5. The number of fused-ring (bicyclic) bond motifs is 7. The van der Waals surface area contributed by atoms with Gasteiger partial charge in [-0.1, -0.05) is 172 Å². The molecular formula is C50H38S. The van der Waals surface area contributed by atoms with Gasteiger partial charge in [0.2, 0.25) is 0 Å². The molecule has 1 heteroatoms. The molecule has 2 unspecified atom stereocenters. The highest BCUT2D eigenvalue weighted by Gasteiger charge is 2.37. The van der Waals surface area contributed by atoms with Crippen LogP contribution in [0, 0.1) is 0 Å². The van der Waals surface area contributed by atoms with Gasteiger partial charge in [-0.25, -0.2) is 0 Å². The van der Waals surface area contributed by atoms with Crippen LogP contribution in [-0.4, -0.2) is 5.25 Å². The molecule has 0 saturated heterocycles. The molecule has 0 spiro atoms. The summed E-state index contributed by atoms with van der Waals surface area (Å²) in [6, 6.07) is 54.3. The maximum atomic E-state index is 2.51. The first-order chi connectivity index (χ1) is 25.0. The predicted octanol–water partition coefficient (Wildman–Crippen LogP) is 14.1. The molecule has 2 atom stereocenters. The fourth-order valence-electron chi connectivity index (χ4n) is 9.11. The topological polar surface area (TPSA) is 0 Å². The average Bonchev–Trinajstić information content (AvgIpc) is 3.54. The summed E-state index contributed by atoms with van der Waals surface area (Å²) in [7, 11) is 0. The Morgan fingerprint density at radius 2 is 0.941 bits per heavy atom. The molecule has 0 radical (unpaired) electrons. The van der Waals surface area contributed by atoms with Gasteiger partial charge in [0.15, 0.2) is 0 Å². The quantitative estimate of drug-likeness (QED) is 0.169. The Labute approximate surface area is 304 Å². The number of hydrogen-bond acceptors (Lipinski definition) is 1. The molecule has 244 valence electrons. The van der Waals surface area contributed by atoms with Gasteiger partial charge in [-0.05, 0) is 105 Å². The van der Waals surface area contributed by atoms with Crippen molar-refractivity contribution in [2.24, 2.45) is 0 Å². The van der Waals surface area contributed by atoms with Crippen LogP contribution in [0.4, 0.5) is 0 Å². The molecule has 8 aromatic carbocycles. The molecule has 2 aliphatic rings. The Hall–Kier alpha value is -5.37. The van der Waals surface area contributed by atoms with E-state index in [1.54, 1.807) is 0 Å². The lowest BCUT2D eigenvalue weighted by Gasteiger charge is -2.27. The lowest BCUT2D eigenvalue weighted by Crippen LogP contribution is -2.14. The van der Waals surface area contributed by atoms with Crippen molar-refractivity contribution in [2.75, 3.05) is 0 Å². The monoisotopic (exact) mass is 670 g/mol. The molecule has 1 aliphatic heterocycles. The molecule has 1 heterocycles. The van der Waals surface area contributed by atoms with Crippen molar-refractivity contribution in [3.05, 3.63) is 181 Å². The molecule has 0 saturated carbocycles.